The van der Waals surface area contributed by atoms with Gasteiger partial charge in [0.1, 0.15) is 0 Å². The highest BCUT2D eigenvalue weighted by Crippen LogP contribution is 2.27. The second-order valence-corrected chi connectivity index (χ2v) is 5.62. The Morgan fingerprint density at radius 1 is 1.30 bits per heavy atom. The predicted molar refractivity (Wildman–Crippen MR) is 51.4 cm³/mol. The van der Waals surface area contributed by atoms with E-state index in [0.29, 0.717) is 5.25 Å². The van der Waals surface area contributed by atoms with Crippen LogP contribution in [0.4, 0.5) is 0 Å². The molecule has 1 N–H and O–H groups in total. The van der Waals surface area contributed by atoms with Crippen LogP contribution in [0.1, 0.15) is 20.8 Å². The molecule has 3 heteroatoms. The van der Waals surface area contributed by atoms with Gasteiger partial charge in [-0.3, -0.25) is 0 Å². The van der Waals surface area contributed by atoms with Gasteiger partial charge < -0.3 is 5.11 Å². The van der Waals surface area contributed by atoms with Gasteiger partial charge in [-0.15, -0.1) is 0 Å². The van der Waals surface area contributed by atoms with E-state index >= 15 is 0 Å². The number of aliphatic hydroxyl groups excluding tert-OH is 1. The summed E-state index contributed by atoms with van der Waals surface area (Å²) in [4.78, 5) is 0. The lowest BCUT2D eigenvalue weighted by atomic mass is 10.3. The molecular formula is C7H16OS2. The summed E-state index contributed by atoms with van der Waals surface area (Å²) in [5, 5.41) is 9.04. The Morgan fingerprint density at radius 3 is 2.30 bits per heavy atom. The maximum Gasteiger partial charge on any atom is 0.0555 e. The summed E-state index contributed by atoms with van der Waals surface area (Å²) in [5.41, 5.74) is 0. The maximum absolute atomic E-state index is 8.67. The molecule has 0 aliphatic heterocycles. The molecule has 0 radical (unpaired) electrons. The molecule has 0 saturated carbocycles. The van der Waals surface area contributed by atoms with Crippen molar-refractivity contribution in [3.05, 3.63) is 0 Å². The lowest BCUT2D eigenvalue weighted by Gasteiger charge is -2.07. The van der Waals surface area contributed by atoms with Crippen LogP contribution in [0.15, 0.2) is 0 Å². The number of rotatable bonds is 5. The minimum atomic E-state index is 0.287. The molecule has 0 amide bonds. The fourth-order valence-corrected chi connectivity index (χ4v) is 2.90. The van der Waals surface area contributed by atoms with Crippen LogP contribution in [-0.4, -0.2) is 22.7 Å². The molecule has 0 aromatic carbocycles. The first-order chi connectivity index (χ1) is 4.66. The van der Waals surface area contributed by atoms with E-state index < -0.39 is 0 Å². The molecule has 0 aromatic heterocycles. The van der Waals surface area contributed by atoms with Gasteiger partial charge in [0.05, 0.1) is 6.61 Å². The number of hydrogen-bond acceptors (Lipinski definition) is 3. The van der Waals surface area contributed by atoms with Crippen molar-refractivity contribution in [3.8, 4) is 0 Å². The smallest absolute Gasteiger partial charge is 0.0555 e. The lowest BCUT2D eigenvalue weighted by Crippen LogP contribution is -2.00. The van der Waals surface area contributed by atoms with E-state index in [4.69, 9.17) is 5.11 Å². The first-order valence-electron chi connectivity index (χ1n) is 3.56. The third-order valence-corrected chi connectivity index (χ3v) is 4.11. The zero-order valence-corrected chi connectivity index (χ0v) is 8.47. The number of hydrogen-bond donors (Lipinski definition) is 1. The molecule has 0 heterocycles. The summed E-state index contributed by atoms with van der Waals surface area (Å²) in [5.74, 6) is 1.93. The monoisotopic (exact) mass is 180 g/mol. The van der Waals surface area contributed by atoms with Gasteiger partial charge in [0.15, 0.2) is 0 Å². The third kappa shape index (κ3) is 6.78. The van der Waals surface area contributed by atoms with Crippen LogP contribution in [0.5, 0.6) is 0 Å². The molecule has 1 unspecified atom stereocenters. The molecule has 62 valence electrons. The van der Waals surface area contributed by atoms with Crippen LogP contribution in [0.25, 0.3) is 0 Å². The molecule has 0 bridgehead atoms. The minimum absolute atomic E-state index is 0.287. The van der Waals surface area contributed by atoms with Crippen molar-refractivity contribution in [2.45, 2.75) is 26.0 Å². The van der Waals surface area contributed by atoms with Crippen molar-refractivity contribution >= 4 is 21.6 Å². The summed E-state index contributed by atoms with van der Waals surface area (Å²) in [6.07, 6.45) is 0. The van der Waals surface area contributed by atoms with Crippen LogP contribution in [0, 0.1) is 5.92 Å². The normalized spacial score (nSPS) is 14.1. The second-order valence-electron chi connectivity index (χ2n) is 2.77. The maximum atomic E-state index is 8.67. The van der Waals surface area contributed by atoms with Gasteiger partial charge in [-0.2, -0.15) is 0 Å². The van der Waals surface area contributed by atoms with Crippen molar-refractivity contribution in [1.29, 1.82) is 0 Å². The summed E-state index contributed by atoms with van der Waals surface area (Å²) in [7, 11) is 3.62. The Morgan fingerprint density at radius 2 is 1.90 bits per heavy atom. The highest BCUT2D eigenvalue weighted by atomic mass is 33.1. The van der Waals surface area contributed by atoms with E-state index in [2.05, 4.69) is 13.8 Å². The minimum Gasteiger partial charge on any atom is -0.395 e. The van der Waals surface area contributed by atoms with Gasteiger partial charge in [0.2, 0.25) is 0 Å². The van der Waals surface area contributed by atoms with E-state index in [1.807, 2.05) is 17.7 Å². The molecule has 1 nitrogen and oxygen atoms in total. The van der Waals surface area contributed by atoms with Gasteiger partial charge in [0, 0.05) is 11.0 Å². The van der Waals surface area contributed by atoms with Crippen LogP contribution in [-0.2, 0) is 0 Å². The zero-order chi connectivity index (χ0) is 7.98. The summed E-state index contributed by atoms with van der Waals surface area (Å²) in [6, 6.07) is 0. The molecule has 0 aliphatic rings. The summed E-state index contributed by atoms with van der Waals surface area (Å²) < 4.78 is 0. The summed E-state index contributed by atoms with van der Waals surface area (Å²) in [6.45, 7) is 6.74. The van der Waals surface area contributed by atoms with Crippen molar-refractivity contribution in [1.82, 2.24) is 0 Å². The van der Waals surface area contributed by atoms with Crippen LogP contribution in [0.2, 0.25) is 0 Å². The van der Waals surface area contributed by atoms with Crippen molar-refractivity contribution in [2.75, 3.05) is 12.4 Å². The van der Waals surface area contributed by atoms with Crippen LogP contribution < -0.4 is 0 Å². The quantitative estimate of drug-likeness (QED) is 0.656. The molecule has 10 heavy (non-hydrogen) atoms. The Balaban J connectivity index is 3.03. The van der Waals surface area contributed by atoms with E-state index in [1.54, 1.807) is 10.8 Å². The lowest BCUT2D eigenvalue weighted by molar-refractivity contribution is 0.300. The third-order valence-electron chi connectivity index (χ3n) is 0.891. The largest absolute Gasteiger partial charge is 0.395 e. The SMILES string of the molecule is CC(C)CSSC(C)CO. The Bertz CT molecular complexity index is 76.0. The van der Waals surface area contributed by atoms with Crippen LogP contribution >= 0.6 is 21.6 Å². The van der Waals surface area contributed by atoms with Gasteiger partial charge in [-0.05, 0) is 5.92 Å². The highest BCUT2D eigenvalue weighted by Gasteiger charge is 2.01. The molecular weight excluding hydrogens is 164 g/mol. The first-order valence-corrected chi connectivity index (χ1v) is 5.94. The van der Waals surface area contributed by atoms with Crippen molar-refractivity contribution in [2.24, 2.45) is 5.92 Å². The first kappa shape index (κ1) is 10.7. The number of aliphatic hydroxyl groups is 1. The topological polar surface area (TPSA) is 20.2 Å². The second kappa shape index (κ2) is 6.38. The molecule has 0 aromatic rings. The Hall–Kier alpha value is 0.660. The molecule has 0 fully saturated rings. The highest BCUT2D eigenvalue weighted by molar-refractivity contribution is 8.76. The Kier molecular flexibility index (Phi) is 6.80. The van der Waals surface area contributed by atoms with Crippen molar-refractivity contribution in [3.63, 3.8) is 0 Å². The summed E-state index contributed by atoms with van der Waals surface area (Å²) >= 11 is 0. The fourth-order valence-electron chi connectivity index (χ4n) is 0.322. The van der Waals surface area contributed by atoms with Gasteiger partial charge in [-0.25, -0.2) is 0 Å². The van der Waals surface area contributed by atoms with E-state index in [0.717, 1.165) is 5.92 Å². The van der Waals surface area contributed by atoms with Gasteiger partial charge in [0.25, 0.3) is 0 Å². The zero-order valence-electron chi connectivity index (χ0n) is 6.83. The predicted octanol–water partition coefficient (Wildman–Crippen LogP) is 2.40. The van der Waals surface area contributed by atoms with E-state index in [9.17, 15) is 0 Å². The van der Waals surface area contributed by atoms with E-state index in [-0.39, 0.29) is 6.61 Å². The average molecular weight is 180 g/mol. The molecule has 0 saturated heterocycles. The standard InChI is InChI=1S/C7H16OS2/c1-6(2)5-9-10-7(3)4-8/h6-8H,4-5H2,1-3H3. The average Bonchev–Trinajstić information content (AvgIpc) is 1.87. The Labute approximate surface area is 71.4 Å². The molecule has 0 spiro atoms. The van der Waals surface area contributed by atoms with Crippen molar-refractivity contribution < 1.29 is 5.11 Å². The van der Waals surface area contributed by atoms with Crippen LogP contribution in [0.3, 0.4) is 0 Å². The molecule has 1 atom stereocenters. The molecule has 0 aliphatic carbocycles. The molecule has 0 rings (SSSR count). The van der Waals surface area contributed by atoms with Gasteiger partial charge >= 0.3 is 0 Å². The van der Waals surface area contributed by atoms with E-state index in [1.165, 1.54) is 5.75 Å². The fraction of sp³-hybridized carbons (Fsp3) is 1.00. The van der Waals surface area contributed by atoms with Gasteiger partial charge in [-0.1, -0.05) is 42.4 Å².